The van der Waals surface area contributed by atoms with E-state index in [1.54, 1.807) is 44.2 Å². The van der Waals surface area contributed by atoms with Crippen molar-refractivity contribution in [1.82, 2.24) is 36.2 Å². The summed E-state index contributed by atoms with van der Waals surface area (Å²) in [5.41, 5.74) is 4.59. The van der Waals surface area contributed by atoms with E-state index in [0.717, 1.165) is 48.1 Å². The first-order valence-electron chi connectivity index (χ1n) is 14.7. The zero-order chi connectivity index (χ0) is 32.0. The first-order chi connectivity index (χ1) is 21.6. The van der Waals surface area contributed by atoms with Crippen LogP contribution >= 0.6 is 0 Å². The number of nitrogens with zero attached hydrogens (tertiary/aromatic N) is 1. The molecule has 13 heteroatoms. The molecule has 0 aliphatic carbocycles. The highest BCUT2D eigenvalue weighted by molar-refractivity contribution is 7.89. The molecule has 0 saturated heterocycles. The number of carbonyl (C=O) groups is 2. The molecule has 236 valence electrons. The highest BCUT2D eigenvalue weighted by Crippen LogP contribution is 2.28. The van der Waals surface area contributed by atoms with Crippen LogP contribution in [0.5, 0.6) is 0 Å². The first kappa shape index (κ1) is 31.9. The van der Waals surface area contributed by atoms with Gasteiger partial charge in [0.1, 0.15) is 12.3 Å². The molecule has 7 N–H and O–H groups in total. The number of aromatic amines is 1. The molecule has 12 nitrogen and oxygen atoms in total. The van der Waals surface area contributed by atoms with E-state index in [0.29, 0.717) is 16.6 Å². The van der Waals surface area contributed by atoms with E-state index in [-0.39, 0.29) is 16.7 Å². The largest absolute Gasteiger partial charge is 0.480 e. The molecule has 1 aliphatic heterocycles. The molecule has 4 aromatic rings. The number of sulfonamides is 1. The molecular formula is C32H37N7O5S. The van der Waals surface area contributed by atoms with Gasteiger partial charge in [0.25, 0.3) is 5.91 Å². The van der Waals surface area contributed by atoms with Crippen LogP contribution in [-0.4, -0.2) is 67.6 Å². The minimum atomic E-state index is -4.23. The molecule has 45 heavy (non-hydrogen) atoms. The zero-order valence-corrected chi connectivity index (χ0v) is 25.9. The standard InChI is InChI=1S/C32H37N7O5S/c1-20-16-24(22-8-4-3-5-9-22)17-21(2)29(20)45(43,44)39-28(31(41)42)19-36-30(40)23-11-12-25-26(37-38-27(25)18-23)10-6-13-33-32-34-14-7-15-35-32/h3-5,7-9,11-12,14,16-18,28,32-35,39H,6,10,13,15,19H2,1-2H3,(H,36,40)(H,37,38)(H,41,42). The van der Waals surface area contributed by atoms with Crippen LogP contribution in [-0.2, 0) is 21.2 Å². The van der Waals surface area contributed by atoms with Crippen molar-refractivity contribution in [1.29, 1.82) is 0 Å². The monoisotopic (exact) mass is 631 g/mol. The maximum absolute atomic E-state index is 13.4. The predicted octanol–water partition coefficient (Wildman–Crippen LogP) is 2.52. The van der Waals surface area contributed by atoms with Gasteiger partial charge < -0.3 is 15.7 Å². The molecular weight excluding hydrogens is 594 g/mol. The van der Waals surface area contributed by atoms with Crippen molar-refractivity contribution in [3.05, 3.63) is 95.3 Å². The summed E-state index contributed by atoms with van der Waals surface area (Å²) >= 11 is 0. The number of fused-ring (bicyclic) bond motifs is 1. The van der Waals surface area contributed by atoms with Crippen molar-refractivity contribution < 1.29 is 23.1 Å². The van der Waals surface area contributed by atoms with Gasteiger partial charge in [0.05, 0.1) is 16.1 Å². The van der Waals surface area contributed by atoms with E-state index in [1.165, 1.54) is 0 Å². The van der Waals surface area contributed by atoms with Crippen molar-refractivity contribution in [3.8, 4) is 11.1 Å². The summed E-state index contributed by atoms with van der Waals surface area (Å²) in [7, 11) is -4.23. The predicted molar refractivity (Wildman–Crippen MR) is 172 cm³/mol. The number of H-pyrrole nitrogens is 1. The average Bonchev–Trinajstić information content (AvgIpc) is 3.43. The summed E-state index contributed by atoms with van der Waals surface area (Å²) in [5, 5.41) is 30.4. The van der Waals surface area contributed by atoms with E-state index in [2.05, 4.69) is 36.2 Å². The van der Waals surface area contributed by atoms with Crippen LogP contribution in [0.15, 0.2) is 77.8 Å². The number of hydrogen-bond acceptors (Lipinski definition) is 8. The van der Waals surface area contributed by atoms with Gasteiger partial charge in [-0.15, -0.1) is 0 Å². The van der Waals surface area contributed by atoms with Gasteiger partial charge in [0.15, 0.2) is 0 Å². The van der Waals surface area contributed by atoms with E-state index in [4.69, 9.17) is 0 Å². The van der Waals surface area contributed by atoms with Crippen molar-refractivity contribution in [2.45, 2.75) is 43.9 Å². The van der Waals surface area contributed by atoms with Crippen molar-refractivity contribution in [2.24, 2.45) is 0 Å². The third-order valence-corrected chi connectivity index (χ3v) is 9.34. The van der Waals surface area contributed by atoms with Gasteiger partial charge in [-0.25, -0.2) is 8.42 Å². The summed E-state index contributed by atoms with van der Waals surface area (Å²) in [6.07, 6.45) is 5.53. The minimum absolute atomic E-state index is 0.00973. The van der Waals surface area contributed by atoms with Crippen LogP contribution < -0.4 is 26.0 Å². The van der Waals surface area contributed by atoms with Crippen molar-refractivity contribution in [2.75, 3.05) is 19.6 Å². The summed E-state index contributed by atoms with van der Waals surface area (Å²) in [5.74, 6) is -1.95. The van der Waals surface area contributed by atoms with Gasteiger partial charge in [-0.2, -0.15) is 9.82 Å². The molecule has 0 fully saturated rings. The number of carboxylic acids is 1. The molecule has 5 rings (SSSR count). The number of carbonyl (C=O) groups excluding carboxylic acids is 1. The molecule has 2 unspecified atom stereocenters. The van der Waals surface area contributed by atoms with Crippen LogP contribution in [0.25, 0.3) is 22.0 Å². The fourth-order valence-electron chi connectivity index (χ4n) is 5.40. The Kier molecular flexibility index (Phi) is 9.93. The SMILES string of the molecule is Cc1cc(-c2ccccc2)cc(C)c1S(=O)(=O)NC(CNC(=O)c1ccc2c(CCCNC3NC=CCN3)n[nH]c2c1)C(=O)O. The Morgan fingerprint density at radius 1 is 1.04 bits per heavy atom. The summed E-state index contributed by atoms with van der Waals surface area (Å²) in [4.78, 5) is 25.0. The fourth-order valence-corrected chi connectivity index (χ4v) is 7.05. The number of aryl methyl sites for hydroxylation is 3. The Morgan fingerprint density at radius 3 is 2.49 bits per heavy atom. The van der Waals surface area contributed by atoms with Crippen LogP contribution in [0.1, 0.15) is 33.6 Å². The van der Waals surface area contributed by atoms with E-state index in [9.17, 15) is 23.1 Å². The zero-order valence-electron chi connectivity index (χ0n) is 25.1. The molecule has 0 radical (unpaired) electrons. The lowest BCUT2D eigenvalue weighted by Crippen LogP contribution is -2.53. The smallest absolute Gasteiger partial charge is 0.323 e. The van der Waals surface area contributed by atoms with E-state index >= 15 is 0 Å². The molecule has 1 amide bonds. The molecule has 2 heterocycles. The van der Waals surface area contributed by atoms with Crippen LogP contribution in [0, 0.1) is 13.8 Å². The highest BCUT2D eigenvalue weighted by Gasteiger charge is 2.28. The Hall–Kier alpha value is -4.56. The second-order valence-electron chi connectivity index (χ2n) is 10.9. The van der Waals surface area contributed by atoms with Crippen molar-refractivity contribution in [3.63, 3.8) is 0 Å². The fraction of sp³-hybridized carbons (Fsp3) is 0.281. The highest BCUT2D eigenvalue weighted by atomic mass is 32.2. The third kappa shape index (κ3) is 7.75. The van der Waals surface area contributed by atoms with E-state index < -0.39 is 34.5 Å². The molecule has 0 spiro atoms. The Morgan fingerprint density at radius 2 is 1.80 bits per heavy atom. The number of carboxylic acid groups (broad SMARTS) is 1. The lowest BCUT2D eigenvalue weighted by atomic mass is 10.0. The average molecular weight is 632 g/mol. The second kappa shape index (κ2) is 14.0. The maximum atomic E-state index is 13.4. The lowest BCUT2D eigenvalue weighted by Gasteiger charge is -2.22. The number of amides is 1. The number of aliphatic carboxylic acids is 1. The number of nitrogens with one attached hydrogen (secondary N) is 6. The molecule has 1 aliphatic rings. The third-order valence-electron chi connectivity index (χ3n) is 7.56. The quantitative estimate of drug-likeness (QED) is 0.109. The van der Waals surface area contributed by atoms with Gasteiger partial charge in [0.2, 0.25) is 10.0 Å². The number of hydrogen-bond donors (Lipinski definition) is 7. The van der Waals surface area contributed by atoms with Gasteiger partial charge >= 0.3 is 5.97 Å². The summed E-state index contributed by atoms with van der Waals surface area (Å²) in [6.45, 7) is 4.47. The first-order valence-corrected chi connectivity index (χ1v) is 16.2. The van der Waals surface area contributed by atoms with Gasteiger partial charge in [-0.05, 0) is 73.8 Å². The Bertz CT molecular complexity index is 1800. The number of benzene rings is 3. The second-order valence-corrected chi connectivity index (χ2v) is 12.6. The molecule has 3 aromatic carbocycles. The molecule has 2 atom stereocenters. The lowest BCUT2D eigenvalue weighted by molar-refractivity contribution is -0.138. The topological polar surface area (TPSA) is 177 Å². The normalized spacial score (nSPS) is 15.5. The maximum Gasteiger partial charge on any atom is 0.323 e. The Labute approximate surface area is 261 Å². The number of aromatic nitrogens is 2. The van der Waals surface area contributed by atoms with Crippen LogP contribution in [0.4, 0.5) is 0 Å². The van der Waals surface area contributed by atoms with Crippen LogP contribution in [0.2, 0.25) is 0 Å². The van der Waals surface area contributed by atoms with Gasteiger partial charge in [0, 0.05) is 24.0 Å². The Balaban J connectivity index is 1.20. The van der Waals surface area contributed by atoms with E-state index in [1.807, 2.05) is 42.6 Å². The van der Waals surface area contributed by atoms with Gasteiger partial charge in [-0.3, -0.25) is 25.3 Å². The molecule has 0 bridgehead atoms. The molecule has 0 saturated carbocycles. The van der Waals surface area contributed by atoms with Crippen LogP contribution in [0.3, 0.4) is 0 Å². The van der Waals surface area contributed by atoms with Gasteiger partial charge in [-0.1, -0.05) is 54.6 Å². The summed E-state index contributed by atoms with van der Waals surface area (Å²) in [6, 6.07) is 16.6. The molecule has 1 aromatic heterocycles. The minimum Gasteiger partial charge on any atom is -0.480 e. The summed E-state index contributed by atoms with van der Waals surface area (Å²) < 4.78 is 29.0. The van der Waals surface area contributed by atoms with Crippen molar-refractivity contribution >= 4 is 32.8 Å². The number of rotatable bonds is 13.